The maximum atomic E-state index is 12.4. The topological polar surface area (TPSA) is 50.8 Å². The van der Waals surface area contributed by atoms with E-state index >= 15 is 0 Å². The molecule has 29 heavy (non-hydrogen) atoms. The van der Waals surface area contributed by atoms with Crippen LogP contribution in [-0.4, -0.2) is 38.1 Å². The molecule has 1 amide bonds. The second-order valence-corrected chi connectivity index (χ2v) is 9.24. The average Bonchev–Trinajstić information content (AvgIpc) is 3.15. The fraction of sp³-hybridized carbons (Fsp3) is 0.500. The lowest BCUT2D eigenvalue weighted by molar-refractivity contribution is -0.121. The fourth-order valence-electron chi connectivity index (χ4n) is 3.80. The second kappa shape index (κ2) is 10.9. The summed E-state index contributed by atoms with van der Waals surface area (Å²) in [5, 5.41) is 3.02. The summed E-state index contributed by atoms with van der Waals surface area (Å²) in [6.45, 7) is 3.59. The summed E-state index contributed by atoms with van der Waals surface area (Å²) in [5.74, 6) is 2.12. The SMILES string of the molecule is COc1ccc(CNC(=O)CC[C@H]2CCCN(Cc3ccc(Cl)s3)C2)c(OC)c1. The van der Waals surface area contributed by atoms with Crippen LogP contribution in [0.1, 0.15) is 36.1 Å². The molecule has 1 atom stereocenters. The van der Waals surface area contributed by atoms with Gasteiger partial charge >= 0.3 is 0 Å². The molecular formula is C22H29ClN2O3S. The molecule has 2 heterocycles. The van der Waals surface area contributed by atoms with Gasteiger partial charge < -0.3 is 14.8 Å². The zero-order valence-corrected chi connectivity index (χ0v) is 18.7. The van der Waals surface area contributed by atoms with Crippen LogP contribution in [0.2, 0.25) is 4.34 Å². The Hall–Kier alpha value is -1.76. The highest BCUT2D eigenvalue weighted by Crippen LogP contribution is 2.27. The minimum Gasteiger partial charge on any atom is -0.497 e. The van der Waals surface area contributed by atoms with Gasteiger partial charge in [-0.3, -0.25) is 9.69 Å². The number of hydrogen-bond acceptors (Lipinski definition) is 5. The van der Waals surface area contributed by atoms with E-state index in [9.17, 15) is 4.79 Å². The van der Waals surface area contributed by atoms with Crippen molar-refractivity contribution in [3.05, 3.63) is 45.1 Å². The highest BCUT2D eigenvalue weighted by Gasteiger charge is 2.21. The molecule has 0 radical (unpaired) electrons. The molecule has 2 aromatic rings. The van der Waals surface area contributed by atoms with Crippen molar-refractivity contribution in [2.75, 3.05) is 27.3 Å². The number of rotatable bonds is 9. The molecule has 0 spiro atoms. The minimum atomic E-state index is 0.0880. The molecule has 1 aromatic carbocycles. The summed E-state index contributed by atoms with van der Waals surface area (Å²) in [6, 6.07) is 9.71. The van der Waals surface area contributed by atoms with Crippen LogP contribution in [0.15, 0.2) is 30.3 Å². The number of piperidine rings is 1. The van der Waals surface area contributed by atoms with Crippen LogP contribution < -0.4 is 14.8 Å². The molecule has 1 aromatic heterocycles. The molecule has 1 aliphatic heterocycles. The molecule has 3 rings (SSSR count). The van der Waals surface area contributed by atoms with Crippen LogP contribution in [0.4, 0.5) is 0 Å². The first-order valence-corrected chi connectivity index (χ1v) is 11.2. The number of likely N-dealkylation sites (tertiary alicyclic amines) is 1. The van der Waals surface area contributed by atoms with Gasteiger partial charge in [0.1, 0.15) is 11.5 Å². The van der Waals surface area contributed by atoms with E-state index in [1.807, 2.05) is 24.3 Å². The third-order valence-corrected chi connectivity index (χ3v) is 6.58. The molecule has 0 bridgehead atoms. The van der Waals surface area contributed by atoms with E-state index < -0.39 is 0 Å². The number of benzene rings is 1. The van der Waals surface area contributed by atoms with E-state index in [0.29, 0.717) is 18.9 Å². The number of amides is 1. The highest BCUT2D eigenvalue weighted by molar-refractivity contribution is 7.16. The quantitative estimate of drug-likeness (QED) is 0.617. The van der Waals surface area contributed by atoms with Crippen molar-refractivity contribution in [1.82, 2.24) is 10.2 Å². The molecule has 7 heteroatoms. The van der Waals surface area contributed by atoms with Gasteiger partial charge in [0, 0.05) is 42.6 Å². The van der Waals surface area contributed by atoms with E-state index in [4.69, 9.17) is 21.1 Å². The smallest absolute Gasteiger partial charge is 0.220 e. The molecular weight excluding hydrogens is 408 g/mol. The summed E-state index contributed by atoms with van der Waals surface area (Å²) in [6.07, 6.45) is 3.87. The number of methoxy groups -OCH3 is 2. The Kier molecular flexibility index (Phi) is 8.21. The van der Waals surface area contributed by atoms with Crippen molar-refractivity contribution in [2.45, 2.75) is 38.8 Å². The second-order valence-electron chi connectivity index (χ2n) is 7.44. The summed E-state index contributed by atoms with van der Waals surface area (Å²) in [5.41, 5.74) is 0.945. The Morgan fingerprint density at radius 1 is 1.28 bits per heavy atom. The van der Waals surface area contributed by atoms with Gasteiger partial charge in [-0.25, -0.2) is 0 Å². The molecule has 1 N–H and O–H groups in total. The molecule has 1 fully saturated rings. The molecule has 0 saturated carbocycles. The Bertz CT molecular complexity index is 811. The van der Waals surface area contributed by atoms with E-state index in [1.165, 1.54) is 17.7 Å². The molecule has 158 valence electrons. The lowest BCUT2D eigenvalue weighted by Gasteiger charge is -2.32. The van der Waals surface area contributed by atoms with Crippen LogP contribution in [-0.2, 0) is 17.9 Å². The maximum absolute atomic E-state index is 12.4. The molecule has 1 saturated heterocycles. The number of carbonyl (C=O) groups is 1. The van der Waals surface area contributed by atoms with Crippen LogP contribution >= 0.6 is 22.9 Å². The van der Waals surface area contributed by atoms with Gasteiger partial charge in [-0.2, -0.15) is 0 Å². The Labute approximate surface area is 182 Å². The molecule has 0 aliphatic carbocycles. The first kappa shape index (κ1) is 21.9. The first-order valence-electron chi connectivity index (χ1n) is 10.0. The van der Waals surface area contributed by atoms with Crippen LogP contribution in [0.3, 0.4) is 0 Å². The van der Waals surface area contributed by atoms with Gasteiger partial charge in [-0.05, 0) is 56.0 Å². The van der Waals surface area contributed by atoms with Crippen LogP contribution in [0.25, 0.3) is 0 Å². The summed E-state index contributed by atoms with van der Waals surface area (Å²) in [7, 11) is 3.25. The first-order chi connectivity index (χ1) is 14.1. The minimum absolute atomic E-state index is 0.0880. The van der Waals surface area contributed by atoms with Crippen molar-refractivity contribution in [1.29, 1.82) is 0 Å². The standard InChI is InChI=1S/C22H29ClN2O3S/c1-27-18-7-6-17(20(12-18)28-2)13-24-22(26)10-5-16-4-3-11-25(14-16)15-19-8-9-21(23)29-19/h6-9,12,16H,3-5,10-11,13-15H2,1-2H3,(H,24,26)/t16-/m1/s1. The highest BCUT2D eigenvalue weighted by atomic mass is 35.5. The maximum Gasteiger partial charge on any atom is 0.220 e. The normalized spacial score (nSPS) is 17.1. The van der Waals surface area contributed by atoms with Gasteiger partial charge in [0.2, 0.25) is 5.91 Å². The van der Waals surface area contributed by atoms with Gasteiger partial charge in [0.15, 0.2) is 0 Å². The van der Waals surface area contributed by atoms with Gasteiger partial charge in [0.25, 0.3) is 0 Å². The largest absolute Gasteiger partial charge is 0.497 e. The van der Waals surface area contributed by atoms with E-state index in [1.54, 1.807) is 25.6 Å². The Balaban J connectivity index is 1.42. The number of nitrogens with one attached hydrogen (secondary N) is 1. The number of halogens is 1. The lowest BCUT2D eigenvalue weighted by atomic mass is 9.93. The third-order valence-electron chi connectivity index (χ3n) is 5.36. The van der Waals surface area contributed by atoms with Gasteiger partial charge in [-0.15, -0.1) is 11.3 Å². The predicted molar refractivity (Wildman–Crippen MR) is 118 cm³/mol. The fourth-order valence-corrected chi connectivity index (χ4v) is 4.93. The van der Waals surface area contributed by atoms with Crippen molar-refractivity contribution < 1.29 is 14.3 Å². The van der Waals surface area contributed by atoms with E-state index in [0.717, 1.165) is 47.5 Å². The van der Waals surface area contributed by atoms with Gasteiger partial charge in [0.05, 0.1) is 18.6 Å². The Morgan fingerprint density at radius 3 is 2.86 bits per heavy atom. The summed E-state index contributed by atoms with van der Waals surface area (Å²) < 4.78 is 11.5. The van der Waals surface area contributed by atoms with Crippen molar-refractivity contribution in [3.8, 4) is 11.5 Å². The van der Waals surface area contributed by atoms with Crippen molar-refractivity contribution >= 4 is 28.8 Å². The lowest BCUT2D eigenvalue weighted by Crippen LogP contribution is -2.35. The van der Waals surface area contributed by atoms with E-state index in [-0.39, 0.29) is 5.91 Å². The predicted octanol–water partition coefficient (Wildman–Crippen LogP) is 4.73. The van der Waals surface area contributed by atoms with E-state index in [2.05, 4.69) is 16.3 Å². The summed E-state index contributed by atoms with van der Waals surface area (Å²) >= 11 is 7.69. The number of nitrogens with zero attached hydrogens (tertiary/aromatic N) is 1. The molecule has 5 nitrogen and oxygen atoms in total. The zero-order valence-electron chi connectivity index (χ0n) is 17.1. The number of thiophene rings is 1. The average molecular weight is 437 g/mol. The Morgan fingerprint density at radius 2 is 2.14 bits per heavy atom. The number of ether oxygens (including phenoxy) is 2. The van der Waals surface area contributed by atoms with Crippen LogP contribution in [0, 0.1) is 5.92 Å². The van der Waals surface area contributed by atoms with Crippen LogP contribution in [0.5, 0.6) is 11.5 Å². The van der Waals surface area contributed by atoms with Gasteiger partial charge in [-0.1, -0.05) is 11.6 Å². The zero-order chi connectivity index (χ0) is 20.6. The number of hydrogen-bond donors (Lipinski definition) is 1. The van der Waals surface area contributed by atoms with Crippen molar-refractivity contribution in [2.24, 2.45) is 5.92 Å². The monoisotopic (exact) mass is 436 g/mol. The summed E-state index contributed by atoms with van der Waals surface area (Å²) in [4.78, 5) is 16.1. The third kappa shape index (κ3) is 6.63. The number of carbonyl (C=O) groups excluding carboxylic acids is 1. The molecule has 1 aliphatic rings. The van der Waals surface area contributed by atoms with Crippen molar-refractivity contribution in [3.63, 3.8) is 0 Å². The molecule has 0 unspecified atom stereocenters.